The Morgan fingerprint density at radius 2 is 2.14 bits per heavy atom. The molecular formula is C14H19NO4S2. The van der Waals surface area contributed by atoms with E-state index in [1.54, 1.807) is 30.8 Å². The summed E-state index contributed by atoms with van der Waals surface area (Å²) in [5.41, 5.74) is 1.39. The standard InChI is InChI=1S/C14H19NO4S2/c1-11-10-13(6-4-12(11)5-7-14(16)17)21(18,19)15-8-3-9-20-2/h4-7,10,15H,3,8-9H2,1-2H3,(H,16,17). The van der Waals surface area contributed by atoms with E-state index in [1.807, 2.05) is 6.26 Å². The third-order valence-corrected chi connectivity index (χ3v) is 4.93. The van der Waals surface area contributed by atoms with Crippen molar-refractivity contribution in [2.45, 2.75) is 18.2 Å². The van der Waals surface area contributed by atoms with Crippen molar-refractivity contribution in [2.75, 3.05) is 18.6 Å². The number of nitrogens with one attached hydrogen (secondary N) is 1. The highest BCUT2D eigenvalue weighted by atomic mass is 32.2. The first-order valence-electron chi connectivity index (χ1n) is 6.37. The second-order valence-corrected chi connectivity index (χ2v) is 7.19. The first-order valence-corrected chi connectivity index (χ1v) is 9.25. The Morgan fingerprint density at radius 1 is 1.43 bits per heavy atom. The number of carbonyl (C=O) groups is 1. The van der Waals surface area contributed by atoms with Gasteiger partial charge in [0.05, 0.1) is 4.90 Å². The molecule has 0 radical (unpaired) electrons. The fourth-order valence-electron chi connectivity index (χ4n) is 1.67. The van der Waals surface area contributed by atoms with Gasteiger partial charge in [0, 0.05) is 12.6 Å². The number of benzene rings is 1. The van der Waals surface area contributed by atoms with Crippen LogP contribution in [0, 0.1) is 6.92 Å². The van der Waals surface area contributed by atoms with Crippen LogP contribution in [0.25, 0.3) is 6.08 Å². The Kier molecular flexibility index (Phi) is 6.94. The molecule has 0 spiro atoms. The molecule has 7 heteroatoms. The molecule has 0 saturated carbocycles. The summed E-state index contributed by atoms with van der Waals surface area (Å²) in [5.74, 6) is -0.137. The van der Waals surface area contributed by atoms with Crippen LogP contribution in [0.3, 0.4) is 0 Å². The summed E-state index contributed by atoms with van der Waals surface area (Å²) in [6.45, 7) is 2.15. The van der Waals surface area contributed by atoms with Gasteiger partial charge in [-0.2, -0.15) is 11.8 Å². The Morgan fingerprint density at radius 3 is 2.71 bits per heavy atom. The molecule has 5 nitrogen and oxygen atoms in total. The largest absolute Gasteiger partial charge is 0.478 e. The lowest BCUT2D eigenvalue weighted by Gasteiger charge is -2.08. The molecule has 1 aromatic rings. The number of sulfonamides is 1. The molecule has 2 N–H and O–H groups in total. The first kappa shape index (κ1) is 17.7. The Hall–Kier alpha value is -1.31. The third kappa shape index (κ3) is 5.91. The average Bonchev–Trinajstić information content (AvgIpc) is 2.42. The predicted molar refractivity (Wildman–Crippen MR) is 86.0 cm³/mol. The van der Waals surface area contributed by atoms with Gasteiger partial charge in [-0.3, -0.25) is 0 Å². The number of hydrogen-bond acceptors (Lipinski definition) is 4. The molecule has 0 aromatic heterocycles. The van der Waals surface area contributed by atoms with Crippen molar-refractivity contribution >= 4 is 33.8 Å². The van der Waals surface area contributed by atoms with E-state index in [-0.39, 0.29) is 4.90 Å². The second-order valence-electron chi connectivity index (χ2n) is 4.43. The first-order chi connectivity index (χ1) is 9.86. The van der Waals surface area contributed by atoms with Crippen LogP contribution in [-0.2, 0) is 14.8 Å². The minimum absolute atomic E-state index is 0.191. The van der Waals surface area contributed by atoms with E-state index in [0.29, 0.717) is 17.7 Å². The van der Waals surface area contributed by atoms with Crippen LogP contribution in [-0.4, -0.2) is 38.0 Å². The van der Waals surface area contributed by atoms with Crippen LogP contribution in [0.2, 0.25) is 0 Å². The molecule has 0 aliphatic rings. The summed E-state index contributed by atoms with van der Waals surface area (Å²) >= 11 is 1.67. The van der Waals surface area contributed by atoms with Gasteiger partial charge in [0.2, 0.25) is 10.0 Å². The molecule has 0 aliphatic heterocycles. The lowest BCUT2D eigenvalue weighted by molar-refractivity contribution is -0.131. The number of aryl methyl sites for hydroxylation is 1. The highest BCUT2D eigenvalue weighted by Gasteiger charge is 2.13. The summed E-state index contributed by atoms with van der Waals surface area (Å²) < 4.78 is 26.7. The maximum atomic E-state index is 12.1. The van der Waals surface area contributed by atoms with Crippen molar-refractivity contribution in [3.8, 4) is 0 Å². The molecule has 1 aromatic carbocycles. The number of carboxylic acids is 1. The zero-order valence-electron chi connectivity index (χ0n) is 12.0. The summed E-state index contributed by atoms with van der Waals surface area (Å²) in [5, 5.41) is 8.60. The monoisotopic (exact) mass is 329 g/mol. The average molecular weight is 329 g/mol. The summed E-state index contributed by atoms with van der Waals surface area (Å²) in [4.78, 5) is 10.7. The van der Waals surface area contributed by atoms with E-state index >= 15 is 0 Å². The quantitative estimate of drug-likeness (QED) is 0.564. The van der Waals surface area contributed by atoms with Crippen LogP contribution in [0.5, 0.6) is 0 Å². The number of aliphatic carboxylic acids is 1. The number of carboxylic acid groups (broad SMARTS) is 1. The van der Waals surface area contributed by atoms with Gasteiger partial charge in [-0.05, 0) is 54.7 Å². The molecule has 1 rings (SSSR count). The molecule has 0 saturated heterocycles. The van der Waals surface area contributed by atoms with Gasteiger partial charge in [-0.1, -0.05) is 6.07 Å². The summed E-state index contributed by atoms with van der Waals surface area (Å²) in [6, 6.07) is 4.62. The van der Waals surface area contributed by atoms with Gasteiger partial charge in [-0.15, -0.1) is 0 Å². The maximum Gasteiger partial charge on any atom is 0.328 e. The fraction of sp³-hybridized carbons (Fsp3) is 0.357. The molecule has 21 heavy (non-hydrogen) atoms. The van der Waals surface area contributed by atoms with E-state index in [9.17, 15) is 13.2 Å². The van der Waals surface area contributed by atoms with Crippen molar-refractivity contribution in [3.05, 3.63) is 35.4 Å². The molecule has 116 valence electrons. The fourth-order valence-corrected chi connectivity index (χ4v) is 3.26. The Bertz CT molecular complexity index is 624. The predicted octanol–water partition coefficient (Wildman–Crippen LogP) is 2.12. The molecule has 0 aliphatic carbocycles. The highest BCUT2D eigenvalue weighted by molar-refractivity contribution is 7.98. The summed E-state index contributed by atoms with van der Waals surface area (Å²) in [7, 11) is -3.51. The lowest BCUT2D eigenvalue weighted by atomic mass is 10.1. The van der Waals surface area contributed by atoms with E-state index in [4.69, 9.17) is 5.11 Å². The molecule has 0 heterocycles. The number of hydrogen-bond donors (Lipinski definition) is 2. The van der Waals surface area contributed by atoms with Gasteiger partial charge in [-0.25, -0.2) is 17.9 Å². The van der Waals surface area contributed by atoms with Crippen LogP contribution < -0.4 is 4.72 Å². The molecule has 0 fully saturated rings. The zero-order valence-corrected chi connectivity index (χ0v) is 13.6. The molecule has 0 atom stereocenters. The highest BCUT2D eigenvalue weighted by Crippen LogP contribution is 2.16. The van der Waals surface area contributed by atoms with Gasteiger partial charge >= 0.3 is 5.97 Å². The lowest BCUT2D eigenvalue weighted by Crippen LogP contribution is -2.25. The normalized spacial score (nSPS) is 11.9. The van der Waals surface area contributed by atoms with Crippen molar-refractivity contribution in [2.24, 2.45) is 0 Å². The minimum Gasteiger partial charge on any atom is -0.478 e. The molecule has 0 bridgehead atoms. The van der Waals surface area contributed by atoms with E-state index in [1.165, 1.54) is 12.1 Å². The van der Waals surface area contributed by atoms with Gasteiger partial charge in [0.25, 0.3) is 0 Å². The Labute approximate surface area is 129 Å². The summed E-state index contributed by atoms with van der Waals surface area (Å²) in [6.07, 6.45) is 5.22. The van der Waals surface area contributed by atoms with Crippen LogP contribution in [0.1, 0.15) is 17.5 Å². The van der Waals surface area contributed by atoms with Crippen LogP contribution in [0.4, 0.5) is 0 Å². The SMILES string of the molecule is CSCCCNS(=O)(=O)c1ccc(C=CC(=O)O)c(C)c1. The molecule has 0 unspecified atom stereocenters. The number of thioether (sulfide) groups is 1. The van der Waals surface area contributed by atoms with E-state index in [0.717, 1.165) is 18.2 Å². The molecule has 0 amide bonds. The smallest absolute Gasteiger partial charge is 0.328 e. The van der Waals surface area contributed by atoms with Gasteiger partial charge < -0.3 is 5.11 Å². The minimum atomic E-state index is -3.51. The van der Waals surface area contributed by atoms with Crippen LogP contribution in [0.15, 0.2) is 29.2 Å². The second kappa shape index (κ2) is 8.21. The van der Waals surface area contributed by atoms with Crippen LogP contribution >= 0.6 is 11.8 Å². The van der Waals surface area contributed by atoms with Crippen molar-refractivity contribution in [3.63, 3.8) is 0 Å². The zero-order chi connectivity index (χ0) is 15.9. The topological polar surface area (TPSA) is 83.5 Å². The van der Waals surface area contributed by atoms with Gasteiger partial charge in [0.15, 0.2) is 0 Å². The van der Waals surface area contributed by atoms with E-state index < -0.39 is 16.0 Å². The van der Waals surface area contributed by atoms with Gasteiger partial charge in [0.1, 0.15) is 0 Å². The van der Waals surface area contributed by atoms with Crippen molar-refractivity contribution < 1.29 is 18.3 Å². The maximum absolute atomic E-state index is 12.1. The molecular weight excluding hydrogens is 310 g/mol. The van der Waals surface area contributed by atoms with Crippen molar-refractivity contribution in [1.82, 2.24) is 4.72 Å². The van der Waals surface area contributed by atoms with Crippen molar-refractivity contribution in [1.29, 1.82) is 0 Å². The third-order valence-electron chi connectivity index (χ3n) is 2.77. The Balaban J connectivity index is 2.84. The van der Waals surface area contributed by atoms with E-state index in [2.05, 4.69) is 4.72 Å². The number of rotatable bonds is 8.